The van der Waals surface area contributed by atoms with Gasteiger partial charge in [0.25, 0.3) is 0 Å². The second-order valence-corrected chi connectivity index (χ2v) is 8.03. The number of aryl methyl sites for hydroxylation is 1. The van der Waals surface area contributed by atoms with E-state index in [0.29, 0.717) is 22.2 Å². The van der Waals surface area contributed by atoms with E-state index in [0.717, 1.165) is 11.1 Å². The van der Waals surface area contributed by atoms with E-state index in [9.17, 15) is 13.0 Å². The summed E-state index contributed by atoms with van der Waals surface area (Å²) < 4.78 is 33.1. The Hall–Kier alpha value is -2.43. The molecule has 3 aromatic rings. The molecule has 3 rings (SSSR count). The molecule has 0 saturated carbocycles. The number of nitriles is 1. The molecule has 0 atom stereocenters. The zero-order valence-electron chi connectivity index (χ0n) is 14.8. The lowest BCUT2D eigenvalue weighted by atomic mass is 10.2. The molecule has 0 aliphatic rings. The van der Waals surface area contributed by atoms with Crippen molar-refractivity contribution in [2.24, 2.45) is 0 Å². The Balaban J connectivity index is 0.000000221. The monoisotopic (exact) mass is 434 g/mol. The molecule has 2 aromatic carbocycles. The van der Waals surface area contributed by atoms with E-state index in [2.05, 4.69) is 6.07 Å². The van der Waals surface area contributed by atoms with Crippen LogP contribution in [0.15, 0.2) is 71.9 Å². The molecule has 0 N–H and O–H groups in total. The minimum atomic E-state index is -4.27. The number of halogens is 2. The maximum absolute atomic E-state index is 10.4. The molecule has 8 heteroatoms. The highest BCUT2D eigenvalue weighted by Gasteiger charge is 2.10. The summed E-state index contributed by atoms with van der Waals surface area (Å²) in [6.45, 7) is 2.41. The van der Waals surface area contributed by atoms with Crippen molar-refractivity contribution >= 4 is 33.3 Å². The standard InChI is InChI=1S/C13H9Cl2N2.C7H8O3S/c14-12-2-1-3-13(15)11(12)9-17-6-4-10(8-16)5-7-17;1-6-2-4-7(5-3-6)11(8,9)10/h1-7H,9H2;2-5H,1H3,(H,8,9,10)/q+1;/p-1. The predicted octanol–water partition coefficient (Wildman–Crippen LogP) is 4.10. The summed E-state index contributed by atoms with van der Waals surface area (Å²) in [6.07, 6.45) is 3.66. The minimum Gasteiger partial charge on any atom is -0.744 e. The van der Waals surface area contributed by atoms with E-state index in [1.807, 2.05) is 42.1 Å². The normalized spacial score (nSPS) is 10.5. The zero-order valence-corrected chi connectivity index (χ0v) is 17.2. The molecule has 0 bridgehead atoms. The topological polar surface area (TPSA) is 84.9 Å². The SMILES string of the molecule is Cc1ccc(S(=O)(=O)[O-])cc1.N#Cc1cc[n+](Cc2c(Cl)cccc2Cl)cc1. The first-order valence-electron chi connectivity index (χ1n) is 8.05. The van der Waals surface area contributed by atoms with Crippen LogP contribution in [-0.2, 0) is 16.7 Å². The summed E-state index contributed by atoms with van der Waals surface area (Å²) in [5.74, 6) is 0. The van der Waals surface area contributed by atoms with E-state index in [4.69, 9.17) is 28.5 Å². The molecule has 1 aromatic heterocycles. The van der Waals surface area contributed by atoms with Crippen LogP contribution in [0.1, 0.15) is 16.7 Å². The van der Waals surface area contributed by atoms with Crippen molar-refractivity contribution in [3.63, 3.8) is 0 Å². The minimum absolute atomic E-state index is 0.178. The van der Waals surface area contributed by atoms with Crippen LogP contribution in [0, 0.1) is 18.3 Å². The van der Waals surface area contributed by atoms with Crippen LogP contribution in [0.2, 0.25) is 10.0 Å². The lowest BCUT2D eigenvalue weighted by Gasteiger charge is -2.05. The van der Waals surface area contributed by atoms with Gasteiger partial charge in [-0.3, -0.25) is 0 Å². The highest BCUT2D eigenvalue weighted by molar-refractivity contribution is 7.85. The molecule has 0 aliphatic carbocycles. The van der Waals surface area contributed by atoms with Crippen LogP contribution >= 0.6 is 23.2 Å². The van der Waals surface area contributed by atoms with Gasteiger partial charge in [0.15, 0.2) is 18.9 Å². The predicted molar refractivity (Wildman–Crippen MR) is 106 cm³/mol. The maximum atomic E-state index is 10.4. The number of pyridine rings is 1. The number of aromatic nitrogens is 1. The van der Waals surface area contributed by atoms with E-state index >= 15 is 0 Å². The second kappa shape index (κ2) is 9.67. The van der Waals surface area contributed by atoms with E-state index in [-0.39, 0.29) is 4.90 Å². The Morgan fingerprint density at radius 2 is 1.54 bits per heavy atom. The van der Waals surface area contributed by atoms with Gasteiger partial charge in [0.05, 0.1) is 32.1 Å². The number of rotatable bonds is 3. The molecule has 0 spiro atoms. The average molecular weight is 435 g/mol. The fourth-order valence-electron chi connectivity index (χ4n) is 2.21. The van der Waals surface area contributed by atoms with Crippen molar-refractivity contribution in [1.82, 2.24) is 0 Å². The molecule has 5 nitrogen and oxygen atoms in total. The van der Waals surface area contributed by atoms with E-state index < -0.39 is 10.1 Å². The van der Waals surface area contributed by atoms with Gasteiger partial charge < -0.3 is 4.55 Å². The fraction of sp³-hybridized carbons (Fsp3) is 0.100. The van der Waals surface area contributed by atoms with Gasteiger partial charge in [0.2, 0.25) is 0 Å². The largest absolute Gasteiger partial charge is 0.744 e. The summed E-state index contributed by atoms with van der Waals surface area (Å²) in [4.78, 5) is -0.178. The van der Waals surface area contributed by atoms with Gasteiger partial charge in [0.1, 0.15) is 10.1 Å². The second-order valence-electron chi connectivity index (χ2n) is 5.84. The Kier molecular flexibility index (Phi) is 7.55. The molecule has 144 valence electrons. The van der Waals surface area contributed by atoms with Gasteiger partial charge in [-0.1, -0.05) is 47.0 Å². The van der Waals surface area contributed by atoms with Gasteiger partial charge in [-0.15, -0.1) is 0 Å². The highest BCUT2D eigenvalue weighted by atomic mass is 35.5. The van der Waals surface area contributed by atoms with Gasteiger partial charge in [-0.05, 0) is 31.2 Å². The summed E-state index contributed by atoms with van der Waals surface area (Å²) in [7, 11) is -4.27. The third-order valence-corrected chi connectivity index (χ3v) is 5.29. The van der Waals surface area contributed by atoms with Crippen LogP contribution < -0.4 is 4.57 Å². The number of nitrogens with zero attached hydrogens (tertiary/aromatic N) is 2. The summed E-state index contributed by atoms with van der Waals surface area (Å²) in [5.41, 5.74) is 2.44. The zero-order chi connectivity index (χ0) is 20.7. The molecular formula is C20H16Cl2N2O3S. The Labute approximate surface area is 174 Å². The van der Waals surface area contributed by atoms with Crippen LogP contribution in [0.5, 0.6) is 0 Å². The molecule has 0 aliphatic heterocycles. The summed E-state index contributed by atoms with van der Waals surface area (Å²) in [6, 6.07) is 16.8. The van der Waals surface area contributed by atoms with Gasteiger partial charge in [-0.25, -0.2) is 13.0 Å². The lowest BCUT2D eigenvalue weighted by Crippen LogP contribution is -2.33. The van der Waals surface area contributed by atoms with Crippen LogP contribution in [0.25, 0.3) is 0 Å². The van der Waals surface area contributed by atoms with Gasteiger partial charge in [-0.2, -0.15) is 5.26 Å². The van der Waals surface area contributed by atoms with Gasteiger partial charge >= 0.3 is 0 Å². The van der Waals surface area contributed by atoms with Crippen molar-refractivity contribution in [3.8, 4) is 6.07 Å². The van der Waals surface area contributed by atoms with E-state index in [1.54, 1.807) is 24.3 Å². The summed E-state index contributed by atoms with van der Waals surface area (Å²) >= 11 is 12.2. The molecule has 0 radical (unpaired) electrons. The fourth-order valence-corrected chi connectivity index (χ4v) is 3.19. The first-order chi connectivity index (χ1) is 13.2. The number of benzene rings is 2. The van der Waals surface area contributed by atoms with Crippen molar-refractivity contribution in [3.05, 3.63) is 93.7 Å². The molecule has 0 saturated heterocycles. The Morgan fingerprint density at radius 1 is 1.00 bits per heavy atom. The molecule has 1 heterocycles. The molecular weight excluding hydrogens is 419 g/mol. The highest BCUT2D eigenvalue weighted by Crippen LogP contribution is 2.23. The van der Waals surface area contributed by atoms with Crippen LogP contribution in [0.4, 0.5) is 0 Å². The van der Waals surface area contributed by atoms with Crippen LogP contribution in [0.3, 0.4) is 0 Å². The Bertz CT molecular complexity index is 1070. The first kappa shape index (κ1) is 21.9. The smallest absolute Gasteiger partial charge is 0.176 e. The lowest BCUT2D eigenvalue weighted by molar-refractivity contribution is -0.688. The molecule has 0 fully saturated rings. The van der Waals surface area contributed by atoms with Crippen molar-refractivity contribution in [2.75, 3.05) is 0 Å². The summed E-state index contributed by atoms with van der Waals surface area (Å²) in [5, 5.41) is 10.0. The Morgan fingerprint density at radius 3 is 2.00 bits per heavy atom. The van der Waals surface area contributed by atoms with Crippen LogP contribution in [-0.4, -0.2) is 13.0 Å². The van der Waals surface area contributed by atoms with Crippen molar-refractivity contribution in [2.45, 2.75) is 18.4 Å². The average Bonchev–Trinajstić information content (AvgIpc) is 2.65. The van der Waals surface area contributed by atoms with E-state index in [1.165, 1.54) is 12.1 Å². The molecule has 0 unspecified atom stereocenters. The third-order valence-electron chi connectivity index (χ3n) is 3.73. The van der Waals surface area contributed by atoms with Crippen molar-refractivity contribution < 1.29 is 17.5 Å². The quantitative estimate of drug-likeness (QED) is 0.458. The van der Waals surface area contributed by atoms with Gasteiger partial charge in [0, 0.05) is 12.1 Å². The molecule has 28 heavy (non-hydrogen) atoms. The van der Waals surface area contributed by atoms with Crippen molar-refractivity contribution in [1.29, 1.82) is 5.26 Å². The number of hydrogen-bond donors (Lipinski definition) is 0. The maximum Gasteiger partial charge on any atom is 0.176 e. The number of hydrogen-bond acceptors (Lipinski definition) is 4. The third kappa shape index (κ3) is 6.32. The molecule has 0 amide bonds. The first-order valence-corrected chi connectivity index (χ1v) is 10.2.